The molecular formula is C25H42O3. The van der Waals surface area contributed by atoms with Crippen LogP contribution in [0.4, 0.5) is 0 Å². The van der Waals surface area contributed by atoms with Crippen LogP contribution >= 0.6 is 0 Å². The Morgan fingerprint density at radius 2 is 1.79 bits per heavy atom. The third kappa shape index (κ3) is 3.15. The zero-order valence-electron chi connectivity index (χ0n) is 18.6. The number of aliphatic hydroxyl groups is 1. The molecule has 0 radical (unpaired) electrons. The highest BCUT2D eigenvalue weighted by Crippen LogP contribution is 2.68. The number of hydrogen-bond acceptors (Lipinski definition) is 3. The van der Waals surface area contributed by atoms with Crippen molar-refractivity contribution in [3.05, 3.63) is 0 Å². The van der Waals surface area contributed by atoms with Crippen LogP contribution in [0, 0.1) is 46.3 Å². The van der Waals surface area contributed by atoms with Gasteiger partial charge in [-0.2, -0.15) is 0 Å². The van der Waals surface area contributed by atoms with E-state index in [1.807, 2.05) is 0 Å². The van der Waals surface area contributed by atoms with Crippen molar-refractivity contribution < 1.29 is 14.6 Å². The summed E-state index contributed by atoms with van der Waals surface area (Å²) < 4.78 is 4.87. The standard InChI is InChI=1S/C25H42O3/c1-16(8-11-23(27)28-4)18-9-10-19-17-15-22(26)21-7-5-6-13-24(21,2)20(17)12-14-25(18,19)3/h16-22,26H,5-15H2,1-4H3/t16-,17?,18?,19?,20+,21?,22+,24?,25?/m1/s1. The molecule has 0 heterocycles. The normalized spacial score (nSPS) is 48.9. The van der Waals surface area contributed by atoms with Gasteiger partial charge in [0.2, 0.25) is 0 Å². The molecule has 4 rings (SSSR count). The predicted molar refractivity (Wildman–Crippen MR) is 112 cm³/mol. The van der Waals surface area contributed by atoms with E-state index >= 15 is 0 Å². The highest BCUT2D eigenvalue weighted by atomic mass is 16.5. The quantitative estimate of drug-likeness (QED) is 0.636. The highest BCUT2D eigenvalue weighted by molar-refractivity contribution is 5.69. The van der Waals surface area contributed by atoms with Gasteiger partial charge < -0.3 is 9.84 Å². The van der Waals surface area contributed by atoms with Crippen molar-refractivity contribution >= 4 is 5.97 Å². The molecular weight excluding hydrogens is 348 g/mol. The number of hydrogen-bond donors (Lipinski definition) is 1. The van der Waals surface area contributed by atoms with E-state index in [9.17, 15) is 9.90 Å². The van der Waals surface area contributed by atoms with E-state index in [-0.39, 0.29) is 12.1 Å². The first-order valence-corrected chi connectivity index (χ1v) is 12.1. The van der Waals surface area contributed by atoms with Crippen LogP contribution in [0.15, 0.2) is 0 Å². The first kappa shape index (κ1) is 20.7. The van der Waals surface area contributed by atoms with Gasteiger partial charge in [-0.1, -0.05) is 33.6 Å². The lowest BCUT2D eigenvalue weighted by atomic mass is 9.44. The van der Waals surface area contributed by atoms with E-state index in [1.54, 1.807) is 0 Å². The Hall–Kier alpha value is -0.570. The monoisotopic (exact) mass is 390 g/mol. The lowest BCUT2D eigenvalue weighted by Gasteiger charge is -2.62. The Bertz CT molecular complexity index is 588. The van der Waals surface area contributed by atoms with Crippen molar-refractivity contribution in [1.82, 2.24) is 0 Å². The molecule has 28 heavy (non-hydrogen) atoms. The average molecular weight is 391 g/mol. The van der Waals surface area contributed by atoms with Crippen molar-refractivity contribution in [2.24, 2.45) is 46.3 Å². The largest absolute Gasteiger partial charge is 0.469 e. The molecule has 0 aromatic rings. The average Bonchev–Trinajstić information content (AvgIpc) is 3.03. The molecule has 0 amide bonds. The van der Waals surface area contributed by atoms with Crippen molar-refractivity contribution in [3.8, 4) is 0 Å². The molecule has 9 atom stereocenters. The van der Waals surface area contributed by atoms with Crippen molar-refractivity contribution in [3.63, 3.8) is 0 Å². The van der Waals surface area contributed by atoms with Crippen molar-refractivity contribution in [2.45, 2.75) is 97.5 Å². The van der Waals surface area contributed by atoms with Gasteiger partial charge in [-0.05, 0) is 97.7 Å². The molecule has 160 valence electrons. The fraction of sp³-hybridized carbons (Fsp3) is 0.960. The first-order valence-electron chi connectivity index (χ1n) is 12.1. The van der Waals surface area contributed by atoms with Crippen LogP contribution in [0.25, 0.3) is 0 Å². The Labute approximate surface area is 172 Å². The number of aliphatic hydroxyl groups excluding tert-OH is 1. The third-order valence-corrected chi connectivity index (χ3v) is 10.4. The molecule has 6 unspecified atom stereocenters. The number of fused-ring (bicyclic) bond motifs is 5. The number of rotatable bonds is 4. The second-order valence-electron chi connectivity index (χ2n) is 11.4. The summed E-state index contributed by atoms with van der Waals surface area (Å²) >= 11 is 0. The van der Waals surface area contributed by atoms with Crippen LogP contribution in [0.2, 0.25) is 0 Å². The van der Waals surface area contributed by atoms with E-state index in [0.29, 0.717) is 35.0 Å². The van der Waals surface area contributed by atoms with Gasteiger partial charge in [-0.25, -0.2) is 0 Å². The Kier molecular flexibility index (Phi) is 5.61. The molecule has 1 N–H and O–H groups in total. The summed E-state index contributed by atoms with van der Waals surface area (Å²) in [6, 6.07) is 0. The van der Waals surface area contributed by atoms with Crippen LogP contribution in [0.3, 0.4) is 0 Å². The molecule has 4 aliphatic rings. The molecule has 0 aliphatic heterocycles. The van der Waals surface area contributed by atoms with Gasteiger partial charge in [0.15, 0.2) is 0 Å². The molecule has 0 aromatic heterocycles. The summed E-state index contributed by atoms with van der Waals surface area (Å²) in [7, 11) is 1.49. The van der Waals surface area contributed by atoms with Crippen LogP contribution in [-0.4, -0.2) is 24.3 Å². The van der Waals surface area contributed by atoms with Gasteiger partial charge in [-0.15, -0.1) is 0 Å². The van der Waals surface area contributed by atoms with Gasteiger partial charge in [-0.3, -0.25) is 4.79 Å². The highest BCUT2D eigenvalue weighted by Gasteiger charge is 2.61. The fourth-order valence-corrected chi connectivity index (χ4v) is 8.98. The third-order valence-electron chi connectivity index (χ3n) is 10.4. The van der Waals surface area contributed by atoms with E-state index in [4.69, 9.17) is 4.74 Å². The van der Waals surface area contributed by atoms with Crippen LogP contribution < -0.4 is 0 Å². The molecule has 4 saturated carbocycles. The second-order valence-corrected chi connectivity index (χ2v) is 11.4. The second kappa shape index (κ2) is 7.60. The van der Waals surface area contributed by atoms with Gasteiger partial charge in [0.1, 0.15) is 0 Å². The minimum atomic E-state index is -0.0790. The first-order chi connectivity index (χ1) is 13.3. The molecule has 4 fully saturated rings. The number of carbonyl (C=O) groups excluding carboxylic acids is 1. The smallest absolute Gasteiger partial charge is 0.305 e. The molecule has 0 aromatic carbocycles. The number of carbonyl (C=O) groups is 1. The van der Waals surface area contributed by atoms with E-state index < -0.39 is 0 Å². The lowest BCUT2D eigenvalue weighted by molar-refractivity contribution is -0.159. The summed E-state index contributed by atoms with van der Waals surface area (Å²) in [6.07, 6.45) is 13.1. The van der Waals surface area contributed by atoms with Crippen LogP contribution in [-0.2, 0) is 9.53 Å². The summed E-state index contributed by atoms with van der Waals surface area (Å²) in [6.45, 7) is 7.45. The Balaban J connectivity index is 1.52. The maximum atomic E-state index is 11.6. The molecule has 0 saturated heterocycles. The zero-order chi connectivity index (χ0) is 20.1. The maximum Gasteiger partial charge on any atom is 0.305 e. The van der Waals surface area contributed by atoms with Crippen molar-refractivity contribution in [2.75, 3.05) is 7.11 Å². The molecule has 4 aliphatic carbocycles. The molecule has 0 spiro atoms. The Morgan fingerprint density at radius 3 is 2.54 bits per heavy atom. The number of methoxy groups -OCH3 is 1. The maximum absolute atomic E-state index is 11.6. The van der Waals surface area contributed by atoms with E-state index in [1.165, 1.54) is 58.5 Å². The summed E-state index contributed by atoms with van der Waals surface area (Å²) in [5.74, 6) is 4.08. The van der Waals surface area contributed by atoms with Gasteiger partial charge in [0.05, 0.1) is 13.2 Å². The Morgan fingerprint density at radius 1 is 1.04 bits per heavy atom. The minimum absolute atomic E-state index is 0.0677. The van der Waals surface area contributed by atoms with E-state index in [2.05, 4.69) is 20.8 Å². The van der Waals surface area contributed by atoms with Crippen LogP contribution in [0.5, 0.6) is 0 Å². The number of ether oxygens (including phenoxy) is 1. The van der Waals surface area contributed by atoms with Gasteiger partial charge in [0, 0.05) is 6.42 Å². The van der Waals surface area contributed by atoms with Crippen molar-refractivity contribution in [1.29, 1.82) is 0 Å². The topological polar surface area (TPSA) is 46.5 Å². The zero-order valence-corrected chi connectivity index (χ0v) is 18.6. The molecule has 0 bridgehead atoms. The number of esters is 1. The summed E-state index contributed by atoms with van der Waals surface area (Å²) in [4.78, 5) is 11.6. The van der Waals surface area contributed by atoms with Gasteiger partial charge in [0.25, 0.3) is 0 Å². The minimum Gasteiger partial charge on any atom is -0.469 e. The summed E-state index contributed by atoms with van der Waals surface area (Å²) in [5.41, 5.74) is 0.769. The molecule has 3 nitrogen and oxygen atoms in total. The van der Waals surface area contributed by atoms with Gasteiger partial charge >= 0.3 is 5.97 Å². The molecule has 3 heteroatoms. The van der Waals surface area contributed by atoms with Crippen LogP contribution in [0.1, 0.15) is 91.4 Å². The SMILES string of the molecule is COC(=O)CC[C@@H](C)C1CCC2C3C[C@H](O)C4CCCCC4(C)[C@H]3CCC21C. The summed E-state index contributed by atoms with van der Waals surface area (Å²) in [5, 5.41) is 11.1. The lowest BCUT2D eigenvalue weighted by Crippen LogP contribution is -2.57. The predicted octanol–water partition coefficient (Wildman–Crippen LogP) is 5.60. The fourth-order valence-electron chi connectivity index (χ4n) is 8.98. The van der Waals surface area contributed by atoms with E-state index in [0.717, 1.165) is 30.6 Å².